The number of non-ortho nitro benzene ring substituents is 1. The minimum absolute atomic E-state index is 0.0187. The second kappa shape index (κ2) is 5.97. The average molecular weight is 292 g/mol. The predicted octanol–water partition coefficient (Wildman–Crippen LogP) is 3.06. The van der Waals surface area contributed by atoms with E-state index >= 15 is 0 Å². The van der Waals surface area contributed by atoms with Crippen LogP contribution < -0.4 is 4.74 Å². The van der Waals surface area contributed by atoms with Gasteiger partial charge in [0.1, 0.15) is 5.75 Å². The summed E-state index contributed by atoms with van der Waals surface area (Å²) < 4.78 is 5.97. The van der Waals surface area contributed by atoms with Crippen molar-refractivity contribution in [1.29, 1.82) is 0 Å². The lowest BCUT2D eigenvalue weighted by Crippen LogP contribution is -1.98. The molecule has 0 heterocycles. The number of benzene rings is 1. The SMILES string of the molecule is O=[N+]([O-])c1cc(Br)cc(OCCCS)c1. The van der Waals surface area contributed by atoms with Gasteiger partial charge in [0.2, 0.25) is 0 Å². The molecule has 0 aliphatic rings. The Labute approximate surface area is 101 Å². The maximum Gasteiger partial charge on any atom is 0.274 e. The first-order valence-electron chi connectivity index (χ1n) is 4.32. The Hall–Kier alpha value is -0.750. The minimum Gasteiger partial charge on any atom is -0.493 e. The standard InChI is InChI=1S/C9H10BrNO3S/c10-7-4-8(11(12)13)6-9(5-7)14-2-1-3-15/h4-6,15H,1-3H2. The number of hydrogen-bond acceptors (Lipinski definition) is 4. The molecule has 6 heteroatoms. The van der Waals surface area contributed by atoms with E-state index in [4.69, 9.17) is 4.74 Å². The van der Waals surface area contributed by atoms with Gasteiger partial charge in [0.05, 0.1) is 17.6 Å². The number of halogens is 1. The topological polar surface area (TPSA) is 52.4 Å². The number of nitro groups is 1. The lowest BCUT2D eigenvalue weighted by molar-refractivity contribution is -0.385. The summed E-state index contributed by atoms with van der Waals surface area (Å²) >= 11 is 7.23. The Morgan fingerprint density at radius 1 is 1.47 bits per heavy atom. The van der Waals surface area contributed by atoms with Gasteiger partial charge in [-0.1, -0.05) is 15.9 Å². The Kier molecular flexibility index (Phi) is 4.90. The van der Waals surface area contributed by atoms with E-state index in [9.17, 15) is 10.1 Å². The van der Waals surface area contributed by atoms with Gasteiger partial charge in [0.15, 0.2) is 0 Å². The van der Waals surface area contributed by atoms with Crippen molar-refractivity contribution in [2.75, 3.05) is 12.4 Å². The van der Waals surface area contributed by atoms with E-state index in [1.165, 1.54) is 12.1 Å². The smallest absolute Gasteiger partial charge is 0.274 e. The van der Waals surface area contributed by atoms with Gasteiger partial charge < -0.3 is 4.74 Å². The normalized spacial score (nSPS) is 10.0. The lowest BCUT2D eigenvalue weighted by Gasteiger charge is -2.05. The highest BCUT2D eigenvalue weighted by molar-refractivity contribution is 9.10. The second-order valence-electron chi connectivity index (χ2n) is 2.83. The first kappa shape index (κ1) is 12.3. The molecular weight excluding hydrogens is 282 g/mol. The zero-order chi connectivity index (χ0) is 11.3. The number of nitro benzene ring substituents is 1. The van der Waals surface area contributed by atoms with Crippen LogP contribution in [0.5, 0.6) is 5.75 Å². The highest BCUT2D eigenvalue weighted by Gasteiger charge is 2.09. The van der Waals surface area contributed by atoms with Gasteiger partial charge in [0, 0.05) is 10.5 Å². The zero-order valence-corrected chi connectivity index (χ0v) is 10.3. The molecule has 0 radical (unpaired) electrons. The number of hydrogen-bond donors (Lipinski definition) is 1. The largest absolute Gasteiger partial charge is 0.493 e. The van der Waals surface area contributed by atoms with Crippen LogP contribution >= 0.6 is 28.6 Å². The fourth-order valence-corrected chi connectivity index (χ4v) is 1.58. The first-order chi connectivity index (χ1) is 7.13. The molecule has 0 amide bonds. The molecule has 0 spiro atoms. The molecule has 0 saturated carbocycles. The Morgan fingerprint density at radius 3 is 2.80 bits per heavy atom. The van der Waals surface area contributed by atoms with Crippen LogP contribution in [-0.2, 0) is 0 Å². The van der Waals surface area contributed by atoms with E-state index in [1.54, 1.807) is 6.07 Å². The fourth-order valence-electron chi connectivity index (χ4n) is 0.991. The molecule has 0 fully saturated rings. The summed E-state index contributed by atoms with van der Waals surface area (Å²) in [7, 11) is 0. The van der Waals surface area contributed by atoms with Crippen molar-refractivity contribution in [1.82, 2.24) is 0 Å². The van der Waals surface area contributed by atoms with Gasteiger partial charge in [0.25, 0.3) is 5.69 Å². The lowest BCUT2D eigenvalue weighted by atomic mass is 10.3. The van der Waals surface area contributed by atoms with Crippen molar-refractivity contribution in [3.8, 4) is 5.75 Å². The monoisotopic (exact) mass is 291 g/mol. The van der Waals surface area contributed by atoms with Crippen molar-refractivity contribution < 1.29 is 9.66 Å². The van der Waals surface area contributed by atoms with E-state index in [0.29, 0.717) is 16.8 Å². The number of rotatable bonds is 5. The van der Waals surface area contributed by atoms with Gasteiger partial charge >= 0.3 is 0 Å². The molecule has 0 bridgehead atoms. The number of thiol groups is 1. The van der Waals surface area contributed by atoms with Crippen LogP contribution in [0.25, 0.3) is 0 Å². The molecule has 0 aliphatic carbocycles. The Bertz CT molecular complexity index is 359. The molecule has 0 aliphatic heterocycles. The van der Waals surface area contributed by atoms with Gasteiger partial charge in [-0.2, -0.15) is 12.6 Å². The zero-order valence-electron chi connectivity index (χ0n) is 7.85. The summed E-state index contributed by atoms with van der Waals surface area (Å²) in [5.74, 6) is 1.23. The van der Waals surface area contributed by atoms with Gasteiger partial charge in [-0.3, -0.25) is 10.1 Å². The van der Waals surface area contributed by atoms with Crippen LogP contribution in [0.4, 0.5) is 5.69 Å². The van der Waals surface area contributed by atoms with Gasteiger partial charge in [-0.05, 0) is 18.2 Å². The molecule has 1 aromatic rings. The van der Waals surface area contributed by atoms with E-state index in [0.717, 1.165) is 12.2 Å². The molecule has 0 unspecified atom stereocenters. The average Bonchev–Trinajstić information content (AvgIpc) is 2.17. The maximum absolute atomic E-state index is 10.6. The quantitative estimate of drug-likeness (QED) is 0.393. The molecule has 0 N–H and O–H groups in total. The van der Waals surface area contributed by atoms with Crippen LogP contribution in [0.2, 0.25) is 0 Å². The third kappa shape index (κ3) is 4.09. The Balaban J connectivity index is 2.75. The summed E-state index contributed by atoms with van der Waals surface area (Å²) in [6.07, 6.45) is 0.809. The summed E-state index contributed by atoms with van der Waals surface area (Å²) in [5.41, 5.74) is 0.0187. The van der Waals surface area contributed by atoms with Crippen molar-refractivity contribution >= 4 is 34.2 Å². The van der Waals surface area contributed by atoms with Crippen LogP contribution in [0, 0.1) is 10.1 Å². The molecule has 0 atom stereocenters. The highest BCUT2D eigenvalue weighted by Crippen LogP contribution is 2.26. The van der Waals surface area contributed by atoms with Crippen molar-refractivity contribution in [2.45, 2.75) is 6.42 Å². The Morgan fingerprint density at radius 2 is 2.20 bits per heavy atom. The van der Waals surface area contributed by atoms with Crippen LogP contribution in [0.3, 0.4) is 0 Å². The predicted molar refractivity (Wildman–Crippen MR) is 64.8 cm³/mol. The molecular formula is C9H10BrNO3S. The first-order valence-corrected chi connectivity index (χ1v) is 5.74. The molecule has 0 saturated heterocycles. The molecule has 0 aromatic heterocycles. The minimum atomic E-state index is -0.448. The summed E-state index contributed by atoms with van der Waals surface area (Å²) in [5, 5.41) is 10.6. The van der Waals surface area contributed by atoms with Crippen LogP contribution in [-0.4, -0.2) is 17.3 Å². The van der Waals surface area contributed by atoms with Gasteiger partial charge in [-0.25, -0.2) is 0 Å². The molecule has 15 heavy (non-hydrogen) atoms. The van der Waals surface area contributed by atoms with Crippen molar-refractivity contribution in [3.05, 3.63) is 32.8 Å². The summed E-state index contributed by atoms with van der Waals surface area (Å²) in [6.45, 7) is 0.511. The third-order valence-corrected chi connectivity index (χ3v) is 2.41. The van der Waals surface area contributed by atoms with Crippen LogP contribution in [0.15, 0.2) is 22.7 Å². The maximum atomic E-state index is 10.6. The number of ether oxygens (including phenoxy) is 1. The van der Waals surface area contributed by atoms with Gasteiger partial charge in [-0.15, -0.1) is 0 Å². The molecule has 1 aromatic carbocycles. The van der Waals surface area contributed by atoms with Crippen molar-refractivity contribution in [2.24, 2.45) is 0 Å². The van der Waals surface area contributed by atoms with E-state index < -0.39 is 4.92 Å². The van der Waals surface area contributed by atoms with E-state index in [1.807, 2.05) is 0 Å². The van der Waals surface area contributed by atoms with Crippen molar-refractivity contribution in [3.63, 3.8) is 0 Å². The fraction of sp³-hybridized carbons (Fsp3) is 0.333. The van der Waals surface area contributed by atoms with E-state index in [-0.39, 0.29) is 5.69 Å². The van der Waals surface area contributed by atoms with Crippen LogP contribution in [0.1, 0.15) is 6.42 Å². The third-order valence-electron chi connectivity index (χ3n) is 1.64. The highest BCUT2D eigenvalue weighted by atomic mass is 79.9. The van der Waals surface area contributed by atoms with E-state index in [2.05, 4.69) is 28.6 Å². The summed E-state index contributed by atoms with van der Waals surface area (Å²) in [6, 6.07) is 4.54. The number of nitrogens with zero attached hydrogens (tertiary/aromatic N) is 1. The molecule has 4 nitrogen and oxygen atoms in total. The summed E-state index contributed by atoms with van der Waals surface area (Å²) in [4.78, 5) is 10.1. The molecule has 1 rings (SSSR count). The molecule has 82 valence electrons. The second-order valence-corrected chi connectivity index (χ2v) is 4.19.